The molecule has 1 aliphatic heterocycles. The first-order valence-corrected chi connectivity index (χ1v) is 17.4. The van der Waals surface area contributed by atoms with Gasteiger partial charge in [-0.05, 0) is 66.7 Å². The summed E-state index contributed by atoms with van der Waals surface area (Å²) in [5.74, 6) is -3.76. The number of methoxy groups -OCH3 is 1. The quantitative estimate of drug-likeness (QED) is 0.0942. The number of aromatic nitrogens is 1. The van der Waals surface area contributed by atoms with E-state index >= 15 is 4.79 Å². The molecular formula is C41H40F5N3O3S. The number of hydrogen-bond donors (Lipinski definition) is 0. The summed E-state index contributed by atoms with van der Waals surface area (Å²) >= 11 is 0.649. The van der Waals surface area contributed by atoms with Crippen LogP contribution in [0.15, 0.2) is 101 Å². The van der Waals surface area contributed by atoms with E-state index in [1.807, 2.05) is 0 Å². The number of nitrogens with zero attached hydrogens (tertiary/aromatic N) is 3. The van der Waals surface area contributed by atoms with Crippen LogP contribution in [-0.2, 0) is 34.5 Å². The van der Waals surface area contributed by atoms with Gasteiger partial charge in [0.15, 0.2) is 17.1 Å². The molecular weight excluding hydrogens is 710 g/mol. The van der Waals surface area contributed by atoms with Gasteiger partial charge in [-0.1, -0.05) is 60.1 Å². The highest BCUT2D eigenvalue weighted by molar-refractivity contribution is 7.98. The third-order valence-corrected chi connectivity index (χ3v) is 9.85. The number of pyridine rings is 1. The Bertz CT molecular complexity index is 2620. The molecule has 0 bridgehead atoms. The second-order valence-electron chi connectivity index (χ2n) is 12.4. The van der Waals surface area contributed by atoms with E-state index in [0.29, 0.717) is 22.9 Å². The van der Waals surface area contributed by atoms with Crippen molar-refractivity contribution in [2.24, 2.45) is 0 Å². The van der Waals surface area contributed by atoms with E-state index in [4.69, 9.17) is 12.3 Å². The van der Waals surface area contributed by atoms with Gasteiger partial charge >= 0.3 is 6.18 Å². The average molecular weight is 761 g/mol. The number of carbonyl (C=O) groups is 1. The summed E-state index contributed by atoms with van der Waals surface area (Å²) in [5, 5.41) is -0.786. The molecule has 0 N–H and O–H groups in total. The fraction of sp³-hybridized carbons (Fsp3) is 0.317. The van der Waals surface area contributed by atoms with Gasteiger partial charge < -0.3 is 19.1 Å². The minimum atomic E-state index is -4.57. The van der Waals surface area contributed by atoms with Gasteiger partial charge in [0.05, 0.1) is 37.7 Å². The molecule has 6 nitrogen and oxygen atoms in total. The number of alkyl halides is 3. The van der Waals surface area contributed by atoms with Gasteiger partial charge in [0, 0.05) is 62.0 Å². The lowest BCUT2D eigenvalue weighted by atomic mass is 10.00. The van der Waals surface area contributed by atoms with Crippen molar-refractivity contribution in [1.82, 2.24) is 14.4 Å². The molecule has 0 atom stereocenters. The van der Waals surface area contributed by atoms with Crippen LogP contribution >= 0.6 is 11.8 Å². The summed E-state index contributed by atoms with van der Waals surface area (Å²) in [6, 6.07) is 10.0. The topological polar surface area (TPSA) is 54.8 Å². The van der Waals surface area contributed by atoms with Crippen LogP contribution < -0.4 is 5.43 Å². The van der Waals surface area contributed by atoms with Gasteiger partial charge in [0.25, 0.3) is 0 Å². The lowest BCUT2D eigenvalue weighted by Gasteiger charge is -2.39. The number of likely N-dealkylation sites (tertiary alicyclic amines) is 1. The van der Waals surface area contributed by atoms with Crippen LogP contribution in [0, 0.1) is 18.6 Å². The molecule has 1 amide bonds. The van der Waals surface area contributed by atoms with Crippen LogP contribution in [0.1, 0.15) is 50.2 Å². The average Bonchev–Trinajstić information content (AvgIpc) is 3.21. The molecule has 4 aromatic carbocycles. The van der Waals surface area contributed by atoms with Crippen LogP contribution in [0.25, 0.3) is 22.0 Å². The number of thioether (sulfide) groups is 1. The smallest absolute Gasteiger partial charge is 0.383 e. The number of amides is 1. The normalized spacial score (nSPS) is 18.0. The number of benzene rings is 4. The molecule has 1 fully saturated rings. The second kappa shape index (κ2) is 16.7. The number of carbonyl (C=O) groups excluding carboxylic acids is 1. The summed E-state index contributed by atoms with van der Waals surface area (Å²) in [7, 11) is -3.05. The van der Waals surface area contributed by atoms with E-state index in [9.17, 15) is 29.5 Å². The summed E-state index contributed by atoms with van der Waals surface area (Å²) < 4.78 is 167. The number of fused-ring (bicyclic) bond motifs is 1. The number of rotatable bonds is 12. The predicted octanol–water partition coefficient (Wildman–Crippen LogP) is 8.71. The third-order valence-electron chi connectivity index (χ3n) is 8.80. The minimum absolute atomic E-state index is 0.00439. The third kappa shape index (κ3) is 9.17. The molecule has 1 aromatic heterocycles. The maximum atomic E-state index is 15.0. The highest BCUT2D eigenvalue weighted by Crippen LogP contribution is 2.32. The van der Waals surface area contributed by atoms with Crippen molar-refractivity contribution >= 4 is 28.6 Å². The molecule has 12 heteroatoms. The largest absolute Gasteiger partial charge is 0.416 e. The van der Waals surface area contributed by atoms with Gasteiger partial charge in [-0.15, -0.1) is 11.8 Å². The van der Waals surface area contributed by atoms with Crippen molar-refractivity contribution in [3.05, 3.63) is 135 Å². The SMILES string of the molecule is [2H]c1c(C)c([2H])c2c(=O)c([2H])c(SCc3cccc(F)c3F)n(CC(=O)N(C3CCN(CC([2H])([2H])OC([2H])([2H])[2H])CC3)C([2H])([2H])c3ccc(-c4ccc(C(F)(F)F)cc4)cc3)c2c1[2H]. The first-order valence-electron chi connectivity index (χ1n) is 21.9. The molecule has 0 spiro atoms. The molecule has 6 rings (SSSR count). The first-order chi connectivity index (χ1) is 29.7. The minimum Gasteiger partial charge on any atom is -0.383 e. The van der Waals surface area contributed by atoms with E-state index in [2.05, 4.69) is 4.74 Å². The van der Waals surface area contributed by atoms with Crippen LogP contribution in [0.3, 0.4) is 0 Å². The van der Waals surface area contributed by atoms with Gasteiger partial charge in [0.2, 0.25) is 5.91 Å². The van der Waals surface area contributed by atoms with E-state index in [0.717, 1.165) is 27.7 Å². The molecule has 278 valence electrons. The summed E-state index contributed by atoms with van der Waals surface area (Å²) in [6.07, 6.45) is -4.56. The predicted molar refractivity (Wildman–Crippen MR) is 198 cm³/mol. The number of piperidine rings is 1. The van der Waals surface area contributed by atoms with Crippen LogP contribution in [-0.4, -0.2) is 59.5 Å². The Labute approximate surface area is 324 Å². The zero-order valence-corrected chi connectivity index (χ0v) is 29.1. The Morgan fingerprint density at radius 1 is 1.02 bits per heavy atom. The van der Waals surface area contributed by atoms with Gasteiger partial charge in [-0.25, -0.2) is 8.78 Å². The Kier molecular flexibility index (Phi) is 8.26. The molecule has 1 aliphatic rings. The number of hydrogen-bond acceptors (Lipinski definition) is 5. The molecule has 0 saturated carbocycles. The van der Waals surface area contributed by atoms with E-state index in [1.165, 1.54) is 55.5 Å². The Morgan fingerprint density at radius 3 is 2.40 bits per heavy atom. The number of ether oxygens (including phenoxy) is 1. The van der Waals surface area contributed by atoms with Crippen LogP contribution in [0.4, 0.5) is 22.0 Å². The lowest BCUT2D eigenvalue weighted by Crippen LogP contribution is -2.48. The summed E-state index contributed by atoms with van der Waals surface area (Å²) in [5.41, 5.74) is -1.82. The Hall–Kier alpha value is -4.52. The Morgan fingerprint density at radius 2 is 1.72 bits per heavy atom. The van der Waals surface area contributed by atoms with E-state index in [1.54, 1.807) is 4.90 Å². The molecule has 1 saturated heterocycles. The maximum absolute atomic E-state index is 15.0. The maximum Gasteiger partial charge on any atom is 0.416 e. The Balaban J connectivity index is 1.44. The van der Waals surface area contributed by atoms with Crippen LogP contribution in [0.5, 0.6) is 0 Å². The first kappa shape index (κ1) is 26.3. The van der Waals surface area contributed by atoms with Crippen molar-refractivity contribution in [2.75, 3.05) is 33.2 Å². The molecule has 2 heterocycles. The van der Waals surface area contributed by atoms with Crippen molar-refractivity contribution < 1.29 is 46.6 Å². The molecule has 0 aliphatic carbocycles. The molecule has 5 aromatic rings. The van der Waals surface area contributed by atoms with Gasteiger partial charge in [0.1, 0.15) is 6.54 Å². The van der Waals surface area contributed by atoms with Crippen molar-refractivity contribution in [3.8, 4) is 11.1 Å². The zero-order chi connectivity index (χ0) is 47.3. The summed E-state index contributed by atoms with van der Waals surface area (Å²) in [6.45, 7) is -5.30. The van der Waals surface area contributed by atoms with E-state index < -0.39 is 109 Å². The molecule has 53 heavy (non-hydrogen) atoms. The van der Waals surface area contributed by atoms with Crippen molar-refractivity contribution in [3.63, 3.8) is 0 Å². The van der Waals surface area contributed by atoms with E-state index in [-0.39, 0.29) is 53.4 Å². The number of halogens is 5. The molecule has 0 radical (unpaired) electrons. The highest BCUT2D eigenvalue weighted by Gasteiger charge is 2.31. The highest BCUT2D eigenvalue weighted by atomic mass is 32.2. The van der Waals surface area contributed by atoms with Crippen molar-refractivity contribution in [2.45, 2.75) is 55.8 Å². The monoisotopic (exact) mass is 760 g/mol. The van der Waals surface area contributed by atoms with Crippen molar-refractivity contribution in [1.29, 1.82) is 0 Å². The van der Waals surface area contributed by atoms with Crippen LogP contribution in [0.2, 0.25) is 0 Å². The van der Waals surface area contributed by atoms with Gasteiger partial charge in [-0.3, -0.25) is 9.59 Å². The summed E-state index contributed by atoms with van der Waals surface area (Å²) in [4.78, 5) is 31.3. The molecule has 0 unspecified atom stereocenters. The second-order valence-corrected chi connectivity index (χ2v) is 13.3. The zero-order valence-electron chi connectivity index (χ0n) is 39.2. The van der Waals surface area contributed by atoms with Gasteiger partial charge in [-0.2, -0.15) is 13.2 Å². The lowest BCUT2D eigenvalue weighted by molar-refractivity contribution is -0.137. The standard InChI is InChI=1S/C41H40F5N3O3S/c1-27-6-15-36-34(22-27)37(50)23-39(53-26-31-4-3-5-35(42)40(31)43)49(36)25-38(51)48(33-16-18-47(19-17-33)20-21-52-2)24-28-7-9-29(10-8-28)30-11-13-32(14-12-30)41(44,45)46/h3-15,22-23,33H,16-21,24-26H2,1-2H3/i2D3,6D,15D,21D2,22D,23D,24D2. The fourth-order valence-electron chi connectivity index (χ4n) is 6.02. The fourth-order valence-corrected chi connectivity index (χ4v) is 7.01.